The molecule has 2 rings (SSSR count). The minimum absolute atomic E-state index is 0.229. The highest BCUT2D eigenvalue weighted by Gasteiger charge is 2.14. The van der Waals surface area contributed by atoms with E-state index >= 15 is 0 Å². The number of halogens is 1. The third-order valence-corrected chi connectivity index (χ3v) is 3.47. The molecule has 94 valence electrons. The Kier molecular flexibility index (Phi) is 3.93. The molecule has 2 N–H and O–H groups in total. The summed E-state index contributed by atoms with van der Waals surface area (Å²) in [4.78, 5) is 8.87. The zero-order valence-electron chi connectivity index (χ0n) is 10.2. The van der Waals surface area contributed by atoms with E-state index in [1.54, 1.807) is 18.3 Å². The van der Waals surface area contributed by atoms with Gasteiger partial charge in [0, 0.05) is 17.9 Å². The number of aromatic nitrogens is 2. The highest BCUT2D eigenvalue weighted by Crippen LogP contribution is 2.32. The Balaban J connectivity index is 2.39. The molecule has 5 heteroatoms. The van der Waals surface area contributed by atoms with Crippen LogP contribution in [0.15, 0.2) is 40.5 Å². The minimum atomic E-state index is -0.292. The first-order valence-corrected chi connectivity index (χ1v) is 6.41. The van der Waals surface area contributed by atoms with Gasteiger partial charge in [0.1, 0.15) is 5.82 Å². The average molecular weight is 263 g/mol. The molecule has 0 aliphatic heterocycles. The minimum Gasteiger partial charge on any atom is -0.324 e. The number of hydrogen-bond donors (Lipinski definition) is 1. The van der Waals surface area contributed by atoms with E-state index in [0.717, 1.165) is 11.3 Å². The average Bonchev–Trinajstić information content (AvgIpc) is 2.31. The monoisotopic (exact) mass is 263 g/mol. The summed E-state index contributed by atoms with van der Waals surface area (Å²) in [5.41, 5.74) is 7.47. The highest BCUT2D eigenvalue weighted by molar-refractivity contribution is 7.99. The number of hydrogen-bond acceptors (Lipinski definition) is 4. The van der Waals surface area contributed by atoms with Crippen molar-refractivity contribution in [3.05, 3.63) is 47.5 Å². The van der Waals surface area contributed by atoms with E-state index in [1.165, 1.54) is 17.8 Å². The van der Waals surface area contributed by atoms with Crippen LogP contribution in [0.4, 0.5) is 4.39 Å². The van der Waals surface area contributed by atoms with Crippen LogP contribution in [0.1, 0.15) is 24.2 Å². The quantitative estimate of drug-likeness (QED) is 0.865. The van der Waals surface area contributed by atoms with Gasteiger partial charge in [-0.15, -0.1) is 0 Å². The fraction of sp³-hybridized carbons (Fsp3) is 0.231. The van der Waals surface area contributed by atoms with Crippen LogP contribution in [-0.2, 0) is 0 Å². The Morgan fingerprint density at radius 2 is 2.11 bits per heavy atom. The van der Waals surface area contributed by atoms with Crippen molar-refractivity contribution in [3.8, 4) is 0 Å². The molecule has 1 unspecified atom stereocenters. The van der Waals surface area contributed by atoms with Crippen molar-refractivity contribution in [1.82, 2.24) is 9.97 Å². The highest BCUT2D eigenvalue weighted by atomic mass is 32.2. The maximum Gasteiger partial charge on any atom is 0.192 e. The molecule has 0 bridgehead atoms. The molecule has 3 nitrogen and oxygen atoms in total. The van der Waals surface area contributed by atoms with Gasteiger partial charge in [-0.1, -0.05) is 12.1 Å². The predicted molar refractivity (Wildman–Crippen MR) is 69.9 cm³/mol. The number of benzene rings is 1. The van der Waals surface area contributed by atoms with Gasteiger partial charge >= 0.3 is 0 Å². The van der Waals surface area contributed by atoms with Gasteiger partial charge in [0.25, 0.3) is 0 Å². The smallest absolute Gasteiger partial charge is 0.192 e. The normalized spacial score (nSPS) is 12.4. The zero-order valence-corrected chi connectivity index (χ0v) is 11.0. The molecule has 0 saturated heterocycles. The standard InChI is InChI=1S/C13H14FN3S/c1-8-6-7-16-13(17-8)18-12-10(9(2)15)4-3-5-11(12)14/h3-7,9H,15H2,1-2H3. The Morgan fingerprint density at radius 1 is 1.33 bits per heavy atom. The maximum atomic E-state index is 13.9. The molecule has 0 saturated carbocycles. The molecular weight excluding hydrogens is 249 g/mol. The zero-order chi connectivity index (χ0) is 13.1. The number of nitrogens with zero attached hydrogens (tertiary/aromatic N) is 2. The molecule has 1 atom stereocenters. The molecule has 0 fully saturated rings. The van der Waals surface area contributed by atoms with Crippen molar-refractivity contribution < 1.29 is 4.39 Å². The lowest BCUT2D eigenvalue weighted by molar-refractivity contribution is 0.591. The lowest BCUT2D eigenvalue weighted by Crippen LogP contribution is -2.07. The van der Waals surface area contributed by atoms with E-state index in [-0.39, 0.29) is 11.9 Å². The van der Waals surface area contributed by atoms with Crippen LogP contribution >= 0.6 is 11.8 Å². The maximum absolute atomic E-state index is 13.9. The van der Waals surface area contributed by atoms with Crippen molar-refractivity contribution in [2.24, 2.45) is 5.73 Å². The third kappa shape index (κ3) is 2.86. The van der Waals surface area contributed by atoms with Crippen molar-refractivity contribution in [2.45, 2.75) is 29.9 Å². The third-order valence-electron chi connectivity index (χ3n) is 2.45. The second-order valence-corrected chi connectivity index (χ2v) is 5.01. The van der Waals surface area contributed by atoms with Crippen LogP contribution < -0.4 is 5.73 Å². The van der Waals surface area contributed by atoms with Gasteiger partial charge < -0.3 is 5.73 Å². The molecule has 0 aliphatic carbocycles. The van der Waals surface area contributed by atoms with Crippen LogP contribution in [0.3, 0.4) is 0 Å². The van der Waals surface area contributed by atoms with Gasteiger partial charge in [0.05, 0.1) is 4.90 Å². The first-order valence-electron chi connectivity index (χ1n) is 5.59. The first-order chi connectivity index (χ1) is 8.58. The largest absolute Gasteiger partial charge is 0.324 e. The van der Waals surface area contributed by atoms with Gasteiger partial charge in [0.2, 0.25) is 0 Å². The molecule has 0 amide bonds. The molecule has 0 radical (unpaired) electrons. The fourth-order valence-electron chi connectivity index (χ4n) is 1.56. The van der Waals surface area contributed by atoms with Gasteiger partial charge in [-0.3, -0.25) is 0 Å². The van der Waals surface area contributed by atoms with Crippen molar-refractivity contribution in [3.63, 3.8) is 0 Å². The van der Waals surface area contributed by atoms with E-state index in [9.17, 15) is 4.39 Å². The van der Waals surface area contributed by atoms with Crippen LogP contribution in [0.25, 0.3) is 0 Å². The number of aryl methyl sites for hydroxylation is 1. The summed E-state index contributed by atoms with van der Waals surface area (Å²) in [5.74, 6) is -0.292. The summed E-state index contributed by atoms with van der Waals surface area (Å²) in [6, 6.07) is 6.48. The topological polar surface area (TPSA) is 51.8 Å². The molecule has 1 aromatic heterocycles. The summed E-state index contributed by atoms with van der Waals surface area (Å²) in [7, 11) is 0. The Bertz CT molecular complexity index is 558. The van der Waals surface area contributed by atoms with Crippen molar-refractivity contribution >= 4 is 11.8 Å². The van der Waals surface area contributed by atoms with Gasteiger partial charge in [0.15, 0.2) is 5.16 Å². The van der Waals surface area contributed by atoms with E-state index in [0.29, 0.717) is 10.1 Å². The molecule has 18 heavy (non-hydrogen) atoms. The Morgan fingerprint density at radius 3 is 2.78 bits per heavy atom. The van der Waals surface area contributed by atoms with Crippen molar-refractivity contribution in [1.29, 1.82) is 0 Å². The van der Waals surface area contributed by atoms with Crippen LogP contribution in [-0.4, -0.2) is 9.97 Å². The molecule has 1 heterocycles. The van der Waals surface area contributed by atoms with Crippen LogP contribution in [0.2, 0.25) is 0 Å². The summed E-state index contributed by atoms with van der Waals surface area (Å²) >= 11 is 1.21. The first kappa shape index (κ1) is 13.0. The summed E-state index contributed by atoms with van der Waals surface area (Å²) < 4.78 is 13.9. The Hall–Kier alpha value is -1.46. The van der Waals surface area contributed by atoms with Gasteiger partial charge in [-0.25, -0.2) is 14.4 Å². The summed E-state index contributed by atoms with van der Waals surface area (Å²) in [6.45, 7) is 3.70. The molecular formula is C13H14FN3S. The SMILES string of the molecule is Cc1ccnc(Sc2c(F)cccc2C(C)N)n1. The van der Waals surface area contributed by atoms with Crippen LogP contribution in [0, 0.1) is 12.7 Å². The van der Waals surface area contributed by atoms with Crippen LogP contribution in [0.5, 0.6) is 0 Å². The van der Waals surface area contributed by atoms with Crippen molar-refractivity contribution in [2.75, 3.05) is 0 Å². The predicted octanol–water partition coefficient (Wildman–Crippen LogP) is 3.10. The van der Waals surface area contributed by atoms with E-state index in [4.69, 9.17) is 5.73 Å². The lowest BCUT2D eigenvalue weighted by atomic mass is 10.1. The van der Waals surface area contributed by atoms with E-state index < -0.39 is 0 Å². The molecule has 2 aromatic rings. The molecule has 1 aromatic carbocycles. The van der Waals surface area contributed by atoms with Gasteiger partial charge in [-0.05, 0) is 43.3 Å². The van der Waals surface area contributed by atoms with Gasteiger partial charge in [-0.2, -0.15) is 0 Å². The number of rotatable bonds is 3. The fourth-order valence-corrected chi connectivity index (χ4v) is 2.58. The summed E-state index contributed by atoms with van der Waals surface area (Å²) in [5, 5.41) is 0.530. The Labute approximate surface area is 110 Å². The van der Waals surface area contributed by atoms with E-state index in [2.05, 4.69) is 9.97 Å². The summed E-state index contributed by atoms with van der Waals surface area (Å²) in [6.07, 6.45) is 1.66. The second-order valence-electron chi connectivity index (χ2n) is 4.03. The van der Waals surface area contributed by atoms with E-state index in [1.807, 2.05) is 19.9 Å². The molecule has 0 spiro atoms. The molecule has 0 aliphatic rings. The second kappa shape index (κ2) is 5.46. The number of nitrogens with two attached hydrogens (primary N) is 1. The lowest BCUT2D eigenvalue weighted by Gasteiger charge is -2.12.